The first-order valence-corrected chi connectivity index (χ1v) is 6.36. The number of amides is 1. The molecule has 6 heteroatoms. The molecule has 1 aromatic carbocycles. The molecule has 0 saturated carbocycles. The van der Waals surface area contributed by atoms with E-state index in [1.54, 1.807) is 24.3 Å². The largest absolute Gasteiger partial charge is 0.392 e. The van der Waals surface area contributed by atoms with E-state index < -0.39 is 0 Å². The Morgan fingerprint density at radius 1 is 1.39 bits per heavy atom. The lowest BCUT2D eigenvalue weighted by molar-refractivity contribution is -0.117. The summed E-state index contributed by atoms with van der Waals surface area (Å²) in [5.41, 5.74) is 6.18. The second-order valence-electron chi connectivity index (χ2n) is 3.82. The summed E-state index contributed by atoms with van der Waals surface area (Å²) in [6.45, 7) is 3.37. The van der Waals surface area contributed by atoms with Crippen LogP contribution in [0, 0.1) is 0 Å². The van der Waals surface area contributed by atoms with Gasteiger partial charge in [-0.25, -0.2) is 0 Å². The predicted octanol–water partition coefficient (Wildman–Crippen LogP) is 1.89. The quantitative estimate of drug-likeness (QED) is 0.784. The molecule has 0 aliphatic heterocycles. The lowest BCUT2D eigenvalue weighted by Gasteiger charge is -2.18. The number of nitrogens with two attached hydrogens (primary N) is 1. The van der Waals surface area contributed by atoms with Gasteiger partial charge in [-0.15, -0.1) is 0 Å². The number of anilines is 1. The fraction of sp³-hybridized carbons (Fsp3) is 0.333. The van der Waals surface area contributed by atoms with Crippen molar-refractivity contribution in [3.8, 4) is 0 Å². The summed E-state index contributed by atoms with van der Waals surface area (Å²) in [6.07, 6.45) is 0. The van der Waals surface area contributed by atoms with E-state index in [4.69, 9.17) is 29.6 Å². The average molecular weight is 286 g/mol. The Bertz CT molecular complexity index is 422. The molecule has 98 valence electrons. The Labute approximate surface area is 117 Å². The predicted molar refractivity (Wildman–Crippen MR) is 79.0 cm³/mol. The molecule has 0 aliphatic carbocycles. The van der Waals surface area contributed by atoms with Crippen molar-refractivity contribution in [2.45, 2.75) is 6.92 Å². The van der Waals surface area contributed by atoms with Gasteiger partial charge < -0.3 is 11.1 Å². The second-order valence-corrected chi connectivity index (χ2v) is 4.79. The minimum atomic E-state index is -0.101. The minimum absolute atomic E-state index is 0.101. The lowest BCUT2D eigenvalue weighted by atomic mass is 10.3. The number of carbonyl (C=O) groups is 1. The van der Waals surface area contributed by atoms with Gasteiger partial charge in [-0.05, 0) is 30.8 Å². The zero-order valence-corrected chi connectivity index (χ0v) is 11.7. The molecule has 0 heterocycles. The van der Waals surface area contributed by atoms with Crippen molar-refractivity contribution in [2.24, 2.45) is 5.73 Å². The third-order valence-electron chi connectivity index (χ3n) is 2.32. The van der Waals surface area contributed by atoms with E-state index in [1.165, 1.54) is 0 Å². The topological polar surface area (TPSA) is 58.4 Å². The van der Waals surface area contributed by atoms with E-state index in [0.717, 1.165) is 5.69 Å². The molecule has 0 atom stereocenters. The van der Waals surface area contributed by atoms with Crippen LogP contribution in [0.5, 0.6) is 0 Å². The molecule has 0 saturated heterocycles. The van der Waals surface area contributed by atoms with Crippen LogP contribution in [0.4, 0.5) is 5.69 Å². The van der Waals surface area contributed by atoms with Gasteiger partial charge in [0.1, 0.15) is 0 Å². The molecular weight excluding hydrogens is 270 g/mol. The van der Waals surface area contributed by atoms with Crippen molar-refractivity contribution in [3.63, 3.8) is 0 Å². The van der Waals surface area contributed by atoms with Crippen LogP contribution in [0.2, 0.25) is 5.02 Å². The summed E-state index contributed by atoms with van der Waals surface area (Å²) in [5, 5.41) is 3.42. The fourth-order valence-corrected chi connectivity index (χ4v) is 1.75. The third-order valence-corrected chi connectivity index (χ3v) is 2.70. The highest BCUT2D eigenvalue weighted by molar-refractivity contribution is 7.80. The average Bonchev–Trinajstić information content (AvgIpc) is 2.30. The number of hydrogen-bond donors (Lipinski definition) is 2. The van der Waals surface area contributed by atoms with Gasteiger partial charge in [0.25, 0.3) is 0 Å². The molecular formula is C12H16ClN3OS. The summed E-state index contributed by atoms with van der Waals surface area (Å²) in [6, 6.07) is 6.96. The van der Waals surface area contributed by atoms with Gasteiger partial charge in [0.2, 0.25) is 5.91 Å². The normalized spacial score (nSPS) is 10.4. The molecule has 1 aromatic rings. The van der Waals surface area contributed by atoms with Gasteiger partial charge in [0.05, 0.1) is 11.5 Å². The van der Waals surface area contributed by atoms with Crippen molar-refractivity contribution in [2.75, 3.05) is 25.0 Å². The van der Waals surface area contributed by atoms with Crippen LogP contribution in [0.15, 0.2) is 24.3 Å². The van der Waals surface area contributed by atoms with Crippen molar-refractivity contribution < 1.29 is 4.79 Å². The number of hydrogen-bond acceptors (Lipinski definition) is 3. The van der Waals surface area contributed by atoms with Gasteiger partial charge in [0.15, 0.2) is 0 Å². The minimum Gasteiger partial charge on any atom is -0.392 e. The summed E-state index contributed by atoms with van der Waals surface area (Å²) in [4.78, 5) is 14.0. The van der Waals surface area contributed by atoms with Gasteiger partial charge in [-0.2, -0.15) is 0 Å². The monoisotopic (exact) mass is 285 g/mol. The fourth-order valence-electron chi connectivity index (χ4n) is 1.44. The Balaban J connectivity index is 2.49. The van der Waals surface area contributed by atoms with Crippen LogP contribution >= 0.6 is 23.8 Å². The maximum atomic E-state index is 11.8. The van der Waals surface area contributed by atoms with Gasteiger partial charge >= 0.3 is 0 Å². The van der Waals surface area contributed by atoms with E-state index in [-0.39, 0.29) is 12.5 Å². The van der Waals surface area contributed by atoms with Gasteiger partial charge in [-0.1, -0.05) is 30.7 Å². The van der Waals surface area contributed by atoms with E-state index in [1.807, 2.05) is 11.8 Å². The number of nitrogens with zero attached hydrogens (tertiary/aromatic N) is 1. The molecule has 1 amide bonds. The number of thiocarbonyl (C=S) groups is 1. The highest BCUT2D eigenvalue weighted by Crippen LogP contribution is 2.13. The van der Waals surface area contributed by atoms with Crippen molar-refractivity contribution in [1.82, 2.24) is 4.90 Å². The summed E-state index contributed by atoms with van der Waals surface area (Å²) in [5.74, 6) is -0.101. The number of rotatable bonds is 6. The van der Waals surface area contributed by atoms with Crippen LogP contribution in [-0.2, 0) is 4.79 Å². The molecule has 0 radical (unpaired) electrons. The van der Waals surface area contributed by atoms with Crippen LogP contribution in [0.3, 0.4) is 0 Å². The maximum Gasteiger partial charge on any atom is 0.238 e. The molecule has 0 spiro atoms. The van der Waals surface area contributed by atoms with Crippen molar-refractivity contribution in [1.29, 1.82) is 0 Å². The van der Waals surface area contributed by atoms with E-state index in [9.17, 15) is 4.79 Å². The third kappa shape index (κ3) is 5.44. The van der Waals surface area contributed by atoms with Crippen LogP contribution in [0.1, 0.15) is 6.92 Å². The van der Waals surface area contributed by atoms with Crippen LogP contribution < -0.4 is 11.1 Å². The highest BCUT2D eigenvalue weighted by atomic mass is 35.5. The number of benzene rings is 1. The Hall–Kier alpha value is -1.17. The Morgan fingerprint density at radius 3 is 2.50 bits per heavy atom. The summed E-state index contributed by atoms with van der Waals surface area (Å²) >= 11 is 10.6. The molecule has 0 unspecified atom stereocenters. The zero-order valence-electron chi connectivity index (χ0n) is 10.1. The summed E-state index contributed by atoms with van der Waals surface area (Å²) < 4.78 is 0. The lowest BCUT2D eigenvalue weighted by Crippen LogP contribution is -2.38. The van der Waals surface area contributed by atoms with Crippen LogP contribution in [0.25, 0.3) is 0 Å². The van der Waals surface area contributed by atoms with E-state index >= 15 is 0 Å². The van der Waals surface area contributed by atoms with Gasteiger partial charge in [0, 0.05) is 17.3 Å². The molecule has 4 nitrogen and oxygen atoms in total. The first-order chi connectivity index (χ1) is 8.51. The molecule has 18 heavy (non-hydrogen) atoms. The van der Waals surface area contributed by atoms with Crippen molar-refractivity contribution in [3.05, 3.63) is 29.3 Å². The molecule has 0 fully saturated rings. The first-order valence-electron chi connectivity index (χ1n) is 5.57. The van der Waals surface area contributed by atoms with Crippen LogP contribution in [-0.4, -0.2) is 35.4 Å². The van der Waals surface area contributed by atoms with E-state index in [0.29, 0.717) is 23.1 Å². The second kappa shape index (κ2) is 7.31. The number of nitrogens with one attached hydrogen (secondary N) is 1. The first kappa shape index (κ1) is 14.9. The number of likely N-dealkylation sites (N-methyl/N-ethyl adjacent to an activating group) is 1. The Morgan fingerprint density at radius 2 is 2.00 bits per heavy atom. The standard InChI is InChI=1S/C12H16ClN3OS/c1-2-16(7-11(14)18)8-12(17)15-10-5-3-9(13)4-6-10/h3-6H,2,7-8H2,1H3,(H2,14,18)(H,15,17). The molecule has 1 rings (SSSR count). The molecule has 3 N–H and O–H groups in total. The zero-order chi connectivity index (χ0) is 13.5. The molecule has 0 aromatic heterocycles. The Kier molecular flexibility index (Phi) is 6.04. The van der Waals surface area contributed by atoms with E-state index in [2.05, 4.69) is 5.32 Å². The SMILES string of the molecule is CCN(CC(=O)Nc1ccc(Cl)cc1)CC(N)=S. The smallest absolute Gasteiger partial charge is 0.238 e. The summed E-state index contributed by atoms with van der Waals surface area (Å²) in [7, 11) is 0. The van der Waals surface area contributed by atoms with Gasteiger partial charge in [-0.3, -0.25) is 9.69 Å². The number of halogens is 1. The van der Waals surface area contributed by atoms with Crippen molar-refractivity contribution >= 4 is 40.4 Å². The highest BCUT2D eigenvalue weighted by Gasteiger charge is 2.09. The molecule has 0 bridgehead atoms. The maximum absolute atomic E-state index is 11.8. The number of carbonyl (C=O) groups excluding carboxylic acids is 1. The molecule has 0 aliphatic rings.